The molecule has 0 aromatic rings. The van der Waals surface area contributed by atoms with Gasteiger partial charge in [0.15, 0.2) is 0 Å². The Labute approximate surface area is 99.8 Å². The second-order valence-corrected chi connectivity index (χ2v) is 5.18. The number of ether oxygens (including phenoxy) is 1. The lowest BCUT2D eigenvalue weighted by molar-refractivity contribution is -0.148. The second kappa shape index (κ2) is 7.70. The average molecular weight is 226 g/mol. The Morgan fingerprint density at radius 1 is 1.25 bits per heavy atom. The molecule has 0 saturated heterocycles. The van der Waals surface area contributed by atoms with E-state index in [1.165, 1.54) is 44.9 Å². The van der Waals surface area contributed by atoms with Gasteiger partial charge in [0.05, 0.1) is 12.5 Å². The van der Waals surface area contributed by atoms with Crippen molar-refractivity contribution in [1.29, 1.82) is 0 Å². The van der Waals surface area contributed by atoms with Crippen LogP contribution >= 0.6 is 0 Å². The van der Waals surface area contributed by atoms with Crippen LogP contribution in [-0.2, 0) is 9.53 Å². The van der Waals surface area contributed by atoms with Crippen LogP contribution in [0.4, 0.5) is 0 Å². The van der Waals surface area contributed by atoms with E-state index in [-0.39, 0.29) is 11.9 Å². The maximum Gasteiger partial charge on any atom is 0.308 e. The van der Waals surface area contributed by atoms with Gasteiger partial charge in [-0.3, -0.25) is 4.79 Å². The van der Waals surface area contributed by atoms with Crippen LogP contribution in [0, 0.1) is 11.8 Å². The van der Waals surface area contributed by atoms with Crippen molar-refractivity contribution in [3.63, 3.8) is 0 Å². The first-order valence-electron chi connectivity index (χ1n) is 6.90. The predicted molar refractivity (Wildman–Crippen MR) is 66.2 cm³/mol. The third-order valence-electron chi connectivity index (χ3n) is 3.30. The van der Waals surface area contributed by atoms with Gasteiger partial charge in [-0.05, 0) is 25.2 Å². The van der Waals surface area contributed by atoms with E-state index in [9.17, 15) is 4.79 Å². The van der Waals surface area contributed by atoms with Crippen LogP contribution in [0.2, 0.25) is 0 Å². The van der Waals surface area contributed by atoms with Gasteiger partial charge in [-0.15, -0.1) is 0 Å². The molecule has 1 aliphatic carbocycles. The average Bonchev–Trinajstić information content (AvgIpc) is 3.09. The van der Waals surface area contributed by atoms with E-state index < -0.39 is 0 Å². The number of esters is 1. The summed E-state index contributed by atoms with van der Waals surface area (Å²) in [6.07, 6.45) is 9.82. The highest BCUT2D eigenvalue weighted by Crippen LogP contribution is 2.29. The van der Waals surface area contributed by atoms with Gasteiger partial charge >= 0.3 is 5.97 Å². The molecule has 0 heterocycles. The molecule has 1 aliphatic rings. The van der Waals surface area contributed by atoms with Crippen LogP contribution in [0.15, 0.2) is 0 Å². The molecule has 0 aliphatic heterocycles. The summed E-state index contributed by atoms with van der Waals surface area (Å²) in [5.41, 5.74) is 0. The zero-order valence-electron chi connectivity index (χ0n) is 10.8. The third kappa shape index (κ3) is 6.14. The molecule has 94 valence electrons. The minimum absolute atomic E-state index is 0.0161. The van der Waals surface area contributed by atoms with Crippen molar-refractivity contribution >= 4 is 5.97 Å². The summed E-state index contributed by atoms with van der Waals surface area (Å²) in [6.45, 7) is 4.88. The number of unbranched alkanes of at least 4 members (excludes halogenated alkanes) is 4. The maximum atomic E-state index is 11.6. The van der Waals surface area contributed by atoms with E-state index >= 15 is 0 Å². The Kier molecular flexibility index (Phi) is 6.51. The standard InChI is InChI=1S/C14H26O2/c1-3-4-5-6-7-8-12(2)14(15)16-11-13-9-10-13/h12-13H,3-11H2,1-2H3. The summed E-state index contributed by atoms with van der Waals surface area (Å²) in [5, 5.41) is 0. The molecule has 0 radical (unpaired) electrons. The molecule has 2 heteroatoms. The number of hydrogen-bond acceptors (Lipinski definition) is 2. The molecule has 0 aromatic carbocycles. The number of rotatable bonds is 9. The van der Waals surface area contributed by atoms with Crippen LogP contribution in [0.25, 0.3) is 0 Å². The molecule has 16 heavy (non-hydrogen) atoms. The van der Waals surface area contributed by atoms with Gasteiger partial charge in [0, 0.05) is 0 Å². The molecule has 2 nitrogen and oxygen atoms in total. The van der Waals surface area contributed by atoms with Crippen molar-refractivity contribution in [3.05, 3.63) is 0 Å². The molecule has 1 unspecified atom stereocenters. The number of hydrogen-bond donors (Lipinski definition) is 0. The highest BCUT2D eigenvalue weighted by atomic mass is 16.5. The molecule has 0 amide bonds. The summed E-state index contributed by atoms with van der Waals surface area (Å²) in [7, 11) is 0. The Balaban J connectivity index is 1.94. The fourth-order valence-corrected chi connectivity index (χ4v) is 1.80. The molecule has 0 aromatic heterocycles. The monoisotopic (exact) mass is 226 g/mol. The topological polar surface area (TPSA) is 26.3 Å². The van der Waals surface area contributed by atoms with E-state index in [0.717, 1.165) is 6.42 Å². The van der Waals surface area contributed by atoms with E-state index in [4.69, 9.17) is 4.74 Å². The van der Waals surface area contributed by atoms with Crippen molar-refractivity contribution in [1.82, 2.24) is 0 Å². The number of carbonyl (C=O) groups is 1. The van der Waals surface area contributed by atoms with Crippen molar-refractivity contribution in [2.75, 3.05) is 6.61 Å². The van der Waals surface area contributed by atoms with E-state index in [0.29, 0.717) is 12.5 Å². The van der Waals surface area contributed by atoms with Crippen LogP contribution in [0.3, 0.4) is 0 Å². The summed E-state index contributed by atoms with van der Waals surface area (Å²) < 4.78 is 5.27. The Morgan fingerprint density at radius 3 is 2.56 bits per heavy atom. The van der Waals surface area contributed by atoms with Crippen molar-refractivity contribution in [3.8, 4) is 0 Å². The number of carbonyl (C=O) groups excluding carboxylic acids is 1. The molecule has 0 bridgehead atoms. The maximum absolute atomic E-state index is 11.6. The zero-order valence-corrected chi connectivity index (χ0v) is 10.8. The van der Waals surface area contributed by atoms with Gasteiger partial charge in [-0.2, -0.15) is 0 Å². The van der Waals surface area contributed by atoms with E-state index in [1.807, 2.05) is 6.92 Å². The highest BCUT2D eigenvalue weighted by molar-refractivity contribution is 5.71. The molecule has 1 saturated carbocycles. The first kappa shape index (κ1) is 13.5. The fraction of sp³-hybridized carbons (Fsp3) is 0.929. The second-order valence-electron chi connectivity index (χ2n) is 5.18. The van der Waals surface area contributed by atoms with Crippen LogP contribution in [0.1, 0.15) is 65.2 Å². The van der Waals surface area contributed by atoms with Crippen molar-refractivity contribution in [2.24, 2.45) is 11.8 Å². The SMILES string of the molecule is CCCCCCCC(C)C(=O)OCC1CC1. The summed E-state index contributed by atoms with van der Waals surface area (Å²) >= 11 is 0. The van der Waals surface area contributed by atoms with Gasteiger partial charge in [0.2, 0.25) is 0 Å². The van der Waals surface area contributed by atoms with Gasteiger partial charge < -0.3 is 4.74 Å². The normalized spacial score (nSPS) is 17.1. The quantitative estimate of drug-likeness (QED) is 0.440. The minimum atomic E-state index is 0.0161. The van der Waals surface area contributed by atoms with Crippen LogP contribution < -0.4 is 0 Å². The van der Waals surface area contributed by atoms with Crippen molar-refractivity contribution in [2.45, 2.75) is 65.2 Å². The lowest BCUT2D eigenvalue weighted by Gasteiger charge is -2.10. The van der Waals surface area contributed by atoms with Gasteiger partial charge in [0.1, 0.15) is 0 Å². The molecule has 1 fully saturated rings. The molecule has 1 atom stereocenters. The lowest BCUT2D eigenvalue weighted by atomic mass is 10.0. The lowest BCUT2D eigenvalue weighted by Crippen LogP contribution is -2.16. The minimum Gasteiger partial charge on any atom is -0.465 e. The summed E-state index contributed by atoms with van der Waals surface area (Å²) in [4.78, 5) is 11.6. The first-order chi connectivity index (χ1) is 7.74. The highest BCUT2D eigenvalue weighted by Gasteiger charge is 2.24. The molecular weight excluding hydrogens is 200 g/mol. The predicted octanol–water partition coefficient (Wildman–Crippen LogP) is 3.94. The van der Waals surface area contributed by atoms with Crippen LogP contribution in [0.5, 0.6) is 0 Å². The van der Waals surface area contributed by atoms with E-state index in [1.54, 1.807) is 0 Å². The fourth-order valence-electron chi connectivity index (χ4n) is 1.80. The molecular formula is C14H26O2. The Morgan fingerprint density at radius 2 is 1.94 bits per heavy atom. The summed E-state index contributed by atoms with van der Waals surface area (Å²) in [5.74, 6) is 0.795. The largest absolute Gasteiger partial charge is 0.465 e. The van der Waals surface area contributed by atoms with E-state index in [2.05, 4.69) is 6.92 Å². The van der Waals surface area contributed by atoms with Crippen molar-refractivity contribution < 1.29 is 9.53 Å². The molecule has 1 rings (SSSR count). The summed E-state index contributed by atoms with van der Waals surface area (Å²) in [6, 6.07) is 0. The third-order valence-corrected chi connectivity index (χ3v) is 3.30. The first-order valence-corrected chi connectivity index (χ1v) is 6.90. The van der Waals surface area contributed by atoms with Gasteiger partial charge in [-0.1, -0.05) is 46.0 Å². The Bertz CT molecular complexity index is 197. The van der Waals surface area contributed by atoms with Gasteiger partial charge in [0.25, 0.3) is 0 Å². The Hall–Kier alpha value is -0.530. The molecule has 0 spiro atoms. The van der Waals surface area contributed by atoms with Crippen LogP contribution in [-0.4, -0.2) is 12.6 Å². The van der Waals surface area contributed by atoms with Gasteiger partial charge in [-0.25, -0.2) is 0 Å². The smallest absolute Gasteiger partial charge is 0.308 e. The zero-order chi connectivity index (χ0) is 11.8. The molecule has 0 N–H and O–H groups in total.